The molecule has 6 atom stereocenters. The molecule has 20 N–H and O–H groups in total. The van der Waals surface area contributed by atoms with Crippen molar-refractivity contribution in [2.24, 2.45) is 0 Å². The van der Waals surface area contributed by atoms with Gasteiger partial charge in [-0.1, -0.05) is 0 Å². The van der Waals surface area contributed by atoms with Crippen molar-refractivity contribution in [3.05, 3.63) is 0 Å². The minimum Gasteiger partial charge on any atom is -0.480 e. The van der Waals surface area contributed by atoms with E-state index in [1.54, 1.807) is 68.6 Å². The summed E-state index contributed by atoms with van der Waals surface area (Å²) in [5.41, 5.74) is 0. The summed E-state index contributed by atoms with van der Waals surface area (Å²) >= 11 is 0. The van der Waals surface area contributed by atoms with Crippen molar-refractivity contribution in [3.8, 4) is 0 Å². The maximum atomic E-state index is 11.4. The van der Waals surface area contributed by atoms with Crippen LogP contribution in [0, 0.1) is 79.9 Å². The van der Waals surface area contributed by atoms with Gasteiger partial charge < -0.3 is 112 Å². The number of aliphatic carboxylic acids is 10. The average Bonchev–Trinajstić information content (AvgIpc) is 0.868. The average molecular weight is 2010 g/mol. The van der Waals surface area contributed by atoms with Gasteiger partial charge in [0.05, 0.1) is 142 Å². The quantitative estimate of drug-likeness (QED) is 0.0255. The van der Waals surface area contributed by atoms with E-state index in [4.69, 9.17) is 40.1 Å². The third kappa shape index (κ3) is 56.7. The van der Waals surface area contributed by atoms with E-state index >= 15 is 0 Å². The molecule has 4 aliphatic heterocycles. The van der Waals surface area contributed by atoms with Gasteiger partial charge in [-0.2, -0.15) is 0 Å². The van der Waals surface area contributed by atoms with E-state index in [9.17, 15) is 124 Å². The fraction of sp³-hybridized carbons (Fsp3) is 0.824. The molecule has 0 bridgehead atoms. The number of nitrogens with zero attached hydrogens (tertiary/aromatic N) is 15. The molecule has 4 saturated heterocycles. The maximum Gasteiger partial charge on any atom is 3.00 e. The van der Waals surface area contributed by atoms with E-state index in [0.29, 0.717) is 118 Å². The predicted molar refractivity (Wildman–Crippen MR) is 407 cm³/mol. The Morgan fingerprint density at radius 3 is 0.538 bits per heavy atom. The Morgan fingerprint density at radius 2 is 0.387 bits per heavy atom. The summed E-state index contributed by atoms with van der Waals surface area (Å²) < 4.78 is 9.58. The normalized spacial score (nSPS) is 20.4. The van der Waals surface area contributed by atoms with E-state index in [-0.39, 0.29) is 264 Å². The first-order valence-electron chi connectivity index (χ1n) is 38.2. The van der Waals surface area contributed by atoms with Crippen LogP contribution in [0.25, 0.3) is 0 Å². The van der Waals surface area contributed by atoms with Crippen LogP contribution in [0.2, 0.25) is 0 Å². The number of carbonyl (C=O) groups excluding carboxylic acids is 2. The van der Waals surface area contributed by atoms with Crippen LogP contribution in [-0.2, 0) is 67.0 Å². The summed E-state index contributed by atoms with van der Waals surface area (Å²) in [4.78, 5) is 158. The molecule has 4 rings (SSSR count). The minimum atomic E-state index is -1.24. The van der Waals surface area contributed by atoms with Crippen LogP contribution in [0.4, 0.5) is 0 Å². The van der Waals surface area contributed by atoms with E-state index < -0.39 is 136 Å². The van der Waals surface area contributed by atoms with E-state index in [1.165, 1.54) is 0 Å². The summed E-state index contributed by atoms with van der Waals surface area (Å²) in [5.74, 6) is -10.0. The van der Waals surface area contributed by atoms with Crippen molar-refractivity contribution < 1.29 is 244 Å². The third-order valence-electron chi connectivity index (χ3n) is 19.4. The summed E-state index contributed by atoms with van der Waals surface area (Å²) in [7, 11) is 0. The monoisotopic (exact) mass is 2010 g/mol. The van der Waals surface area contributed by atoms with E-state index in [1.807, 2.05) is 4.90 Å². The van der Waals surface area contributed by atoms with Gasteiger partial charge in [0.15, 0.2) is 0 Å². The number of carboxylic acid groups (broad SMARTS) is 10. The first-order valence-corrected chi connectivity index (χ1v) is 38.2. The molecule has 0 saturated carbocycles. The number of carboxylic acids is 10. The van der Waals surface area contributed by atoms with Gasteiger partial charge in [-0.15, -0.1) is 0 Å². The molecule has 0 unspecified atom stereocenters. The number of ether oxygens (including phenoxy) is 2. The molecule has 0 aliphatic carbocycles. The van der Waals surface area contributed by atoms with Crippen LogP contribution in [0.1, 0.15) is 0 Å². The van der Waals surface area contributed by atoms with Gasteiger partial charge >= 0.3 is 140 Å². The minimum absolute atomic E-state index is 0. The molecule has 0 spiro atoms. The second-order valence-corrected chi connectivity index (χ2v) is 28.1. The molecule has 4 heterocycles. The van der Waals surface area contributed by atoms with Crippen LogP contribution < -0.4 is 5.32 Å². The summed E-state index contributed by atoms with van der Waals surface area (Å²) in [5, 5.41) is 182. The molecule has 0 amide bonds. The van der Waals surface area contributed by atoms with Gasteiger partial charge in [-0.3, -0.25) is 131 Å². The van der Waals surface area contributed by atoms with Gasteiger partial charge in [0.1, 0.15) is 13.5 Å². The Labute approximate surface area is 754 Å². The van der Waals surface area contributed by atoms with Crippen molar-refractivity contribution in [1.29, 1.82) is 0 Å². The van der Waals surface area contributed by atoms with E-state index in [0.717, 1.165) is 0 Å². The van der Waals surface area contributed by atoms with Crippen molar-refractivity contribution in [3.63, 3.8) is 0 Å². The van der Waals surface area contributed by atoms with Gasteiger partial charge in [0.25, 0.3) is 12.9 Å². The Hall–Kier alpha value is -4.71. The van der Waals surface area contributed by atoms with Crippen LogP contribution in [0.5, 0.6) is 0 Å². The summed E-state index contributed by atoms with van der Waals surface area (Å²) in [6.07, 6.45) is -3.69. The molecule has 0 aromatic rings. The Morgan fingerprint density at radius 1 is 0.244 bits per heavy atom. The molecular formula is C68H128Gd2N16O33+6. The van der Waals surface area contributed by atoms with Gasteiger partial charge in [0.2, 0.25) is 0 Å². The fourth-order valence-corrected chi connectivity index (χ4v) is 13.0. The van der Waals surface area contributed by atoms with Crippen LogP contribution >= 0.6 is 0 Å². The second-order valence-electron chi connectivity index (χ2n) is 28.1. The molecule has 119 heavy (non-hydrogen) atoms. The molecule has 688 valence electrons. The largest absolute Gasteiger partial charge is 3.00 e. The Bertz CT molecular complexity index is 2730. The van der Waals surface area contributed by atoms with Gasteiger partial charge in [-0.05, 0) is 0 Å². The predicted octanol–water partition coefficient (Wildman–Crippen LogP) is -13.6. The van der Waals surface area contributed by atoms with Crippen LogP contribution in [-0.4, -0.2) is 608 Å². The number of carbonyl (C=O) groups is 12. The molecule has 2 radical (unpaired) electrons. The van der Waals surface area contributed by atoms with Crippen molar-refractivity contribution in [1.82, 2.24) is 78.8 Å². The van der Waals surface area contributed by atoms with Crippen molar-refractivity contribution >= 4 is 72.6 Å². The number of rotatable bonds is 38. The van der Waals surface area contributed by atoms with Crippen LogP contribution in [0.15, 0.2) is 0 Å². The molecule has 4 fully saturated rings. The smallest absolute Gasteiger partial charge is 0.480 e. The topological polar surface area (TPSA) is 668 Å². The summed E-state index contributed by atoms with van der Waals surface area (Å²) in [6, 6.07) is -2.43. The van der Waals surface area contributed by atoms with Crippen molar-refractivity contribution in [2.75, 3.05) is 328 Å². The number of aliphatic hydroxyl groups is 9. The number of hydrogen-bond donors (Lipinski definition) is 20. The third-order valence-corrected chi connectivity index (χ3v) is 19.4. The molecule has 4 aliphatic rings. The first kappa shape index (κ1) is 116. The molecular weight excluding hydrogens is 1880 g/mol. The molecule has 0 aromatic carbocycles. The first-order chi connectivity index (χ1) is 55.6. The van der Waals surface area contributed by atoms with Gasteiger partial charge in [-0.25, -0.2) is 0 Å². The SMILES string of the molecule is O=C(O)CN1CCN(CC(=O)O)CCN([C@H](CO)[C@H](O)CO)CCN(CC(=O)O)CC1.O=C(O)CN1CCN([C@H](CO)[C@H](O)CO)CCN(CC(=O)O)CCN([C@@H](CO)[C@H](O)CO)CC1.O=COCN1CCN(CC(=O)O)CCN(CC(=O)O)CCN(CC(=O)O)CC1.O=COCN1CCNCCN(CC(=O)O)CCN(CC(=O)O)CC1.[Gd+3].[Gd+3]. The summed E-state index contributed by atoms with van der Waals surface area (Å²) in [6.45, 7) is 7.27. The Balaban J connectivity index is 0. The zero-order chi connectivity index (χ0) is 87.8. The number of hydrogen-bond acceptors (Lipinski definition) is 39. The van der Waals surface area contributed by atoms with E-state index in [2.05, 4.69) is 5.32 Å². The van der Waals surface area contributed by atoms with Crippen molar-refractivity contribution in [2.45, 2.75) is 36.4 Å². The van der Waals surface area contributed by atoms with Gasteiger partial charge in [0, 0.05) is 209 Å². The zero-order valence-corrected chi connectivity index (χ0v) is 71.6. The zero-order valence-electron chi connectivity index (χ0n) is 67.1. The maximum absolute atomic E-state index is 11.4. The molecule has 0 aromatic heterocycles. The van der Waals surface area contributed by atoms with Crippen LogP contribution in [0.3, 0.4) is 0 Å². The number of nitrogens with one attached hydrogen (secondary N) is 1. The fourth-order valence-electron chi connectivity index (χ4n) is 13.0. The Kier molecular flexibility index (Phi) is 68.0. The molecule has 51 heteroatoms. The second kappa shape index (κ2) is 69.6. The standard InChI is InChI=1S/C20H40N4O10.C18H34N4O9.C16H28N4O8.C14H26N4O6.2Gd/c25-11-15(17(29)13-27)23-5-1-21(9-19(31)32)2-6-24(16(12-26)18(30)14-28)8-4-22(3-7-23)10-20(33)34;23-12-14(15(25)13-24)22-7-5-20(10-17(28)29)3-1-19(9-16(26)27)2-4-21(6-8-22)11-18(30)31;21-13-28-12-20-7-5-18(10-15(24)25)3-1-17(9-14(22)23)2-4-19(6-8-20)11-16(26)27;19-12-24-11-18-4-2-15-1-3-16(9-13(20)21)5-6-17(7-8-18)10-14(22)23;;/h15-18,25-30H,1-14H2,(H,31,32)(H,33,34);14-15,23-25H,1-13H2,(H,26,27)(H,28,29)(H,30,31);13H,1-12H2,(H,22,23)(H,24,25)(H,26,27);12,15H,1-11H2,(H,20,21)(H,22,23);;/q;;;;2*+3/t15-,16+,17-,18-;14-,15-;;;;/m11..../s1. The number of aliphatic hydroxyl groups excluding tert-OH is 9. The molecule has 49 nitrogen and oxygen atoms in total.